The van der Waals surface area contributed by atoms with Crippen LogP contribution in [-0.2, 0) is 31.3 Å². The van der Waals surface area contributed by atoms with Gasteiger partial charge in [-0.1, -0.05) is 13.8 Å². The van der Waals surface area contributed by atoms with Gasteiger partial charge in [-0.25, -0.2) is 0 Å². The Bertz CT molecular complexity index is 136. The molecule has 0 aliphatic heterocycles. The molecule has 0 heterocycles. The molecule has 0 aliphatic carbocycles. The van der Waals surface area contributed by atoms with Crippen molar-refractivity contribution in [3.8, 4) is 0 Å². The molecule has 0 unspecified atom stereocenters. The first-order valence-electron chi connectivity index (χ1n) is 3.08. The summed E-state index contributed by atoms with van der Waals surface area (Å²) in [6.45, 7) is 4.11. The summed E-state index contributed by atoms with van der Waals surface area (Å²) in [5, 5.41) is 0. The van der Waals surface area contributed by atoms with E-state index in [1.807, 2.05) is 0 Å². The second kappa shape index (κ2) is 7.00. The van der Waals surface area contributed by atoms with E-state index in [0.717, 1.165) is 17.8 Å². The monoisotopic (exact) mass is 262 g/mol. The minimum Gasteiger partial charge on any atom is -0.825 e. The Kier molecular flexibility index (Phi) is 9.56. The van der Waals surface area contributed by atoms with Gasteiger partial charge in [-0.05, 0) is 18.1 Å². The van der Waals surface area contributed by atoms with Crippen LogP contribution in [0.2, 0.25) is 0 Å². The van der Waals surface area contributed by atoms with Gasteiger partial charge in [-0.2, -0.15) is 17.1 Å². The molecule has 0 atom stereocenters. The van der Waals surface area contributed by atoms with E-state index >= 15 is 0 Å². The molecule has 0 aromatic rings. The summed E-state index contributed by atoms with van der Waals surface area (Å²) in [4.78, 5) is 20.8. The van der Waals surface area contributed by atoms with Crippen LogP contribution in [0, 0.1) is 5.92 Å². The van der Waals surface area contributed by atoms with E-state index < -0.39 is 5.69 Å². The molecule has 0 radical (unpaired) electrons. The molecule has 0 spiro atoms. The van der Waals surface area contributed by atoms with E-state index in [4.69, 9.17) is 0 Å². The zero-order chi connectivity index (χ0) is 8.20. The quantitative estimate of drug-likeness (QED) is 0.554. The van der Waals surface area contributed by atoms with Crippen molar-refractivity contribution in [3.05, 3.63) is 0 Å². The predicted octanol–water partition coefficient (Wildman–Crippen LogP) is 0.708. The van der Waals surface area contributed by atoms with Crippen molar-refractivity contribution in [2.24, 2.45) is 5.92 Å². The summed E-state index contributed by atoms with van der Waals surface area (Å²) in [6.07, 6.45) is 0.910. The summed E-state index contributed by atoms with van der Waals surface area (Å²) >= 11 is 5.08. The predicted molar refractivity (Wildman–Crippen MR) is 46.2 cm³/mol. The van der Waals surface area contributed by atoms with E-state index in [2.05, 4.69) is 25.7 Å². The van der Waals surface area contributed by atoms with Crippen LogP contribution in [0.1, 0.15) is 20.3 Å². The molecule has 0 saturated carbocycles. The second-order valence-corrected chi connectivity index (χ2v) is 8.38. The molecule has 2 nitrogen and oxygen atoms in total. The zero-order valence-electron chi connectivity index (χ0n) is 6.78. The summed E-state index contributed by atoms with van der Waals surface area (Å²) in [5.41, 5.74) is -3.47. The van der Waals surface area contributed by atoms with E-state index in [1.165, 1.54) is 0 Å². The Morgan fingerprint density at radius 2 is 1.91 bits per heavy atom. The van der Waals surface area contributed by atoms with E-state index in [-0.39, 0.29) is 19.5 Å². The minimum absolute atomic E-state index is 0. The minimum atomic E-state index is -3.47. The number of rotatable bonds is 4. The van der Waals surface area contributed by atoms with Crippen molar-refractivity contribution in [2.75, 3.05) is 5.75 Å². The molecule has 0 rings (SSSR count). The van der Waals surface area contributed by atoms with Crippen molar-refractivity contribution in [3.63, 3.8) is 0 Å². The SMILES string of the molecule is CC(C)CCSP([O-])([O-])=S.[Zn+2]. The van der Waals surface area contributed by atoms with Gasteiger partial charge in [0.1, 0.15) is 0 Å². The van der Waals surface area contributed by atoms with Crippen molar-refractivity contribution >= 4 is 28.9 Å². The second-order valence-electron chi connectivity index (χ2n) is 2.46. The topological polar surface area (TPSA) is 46.1 Å². The third-order valence-corrected chi connectivity index (χ3v) is 4.12. The van der Waals surface area contributed by atoms with E-state index in [9.17, 15) is 9.79 Å². The molecule has 0 aliphatic rings. The first-order valence-corrected chi connectivity index (χ1v) is 7.31. The van der Waals surface area contributed by atoms with Gasteiger partial charge in [0.05, 0.1) is 0 Å². The molecule has 0 aromatic heterocycles. The third kappa shape index (κ3) is 14.4. The Hall–Kier alpha value is 1.54. The smallest absolute Gasteiger partial charge is 0.825 e. The van der Waals surface area contributed by atoms with Crippen molar-refractivity contribution < 1.29 is 29.3 Å². The average molecular weight is 264 g/mol. The fraction of sp³-hybridized carbons (Fsp3) is 1.00. The molecule has 0 aromatic carbocycles. The van der Waals surface area contributed by atoms with Crippen LogP contribution in [0.5, 0.6) is 0 Å². The Morgan fingerprint density at radius 3 is 2.18 bits per heavy atom. The van der Waals surface area contributed by atoms with Crippen LogP contribution >= 0.6 is 17.1 Å². The standard InChI is InChI=1S/C5H13O2PS2.Zn/c1-5(2)3-4-10-8(6,7)9;/h5H,3-4H2,1-2H3,(H2,6,7,9);/q;+2/p-2. The number of hydrogen-bond acceptors (Lipinski definition) is 4. The van der Waals surface area contributed by atoms with E-state index in [1.54, 1.807) is 0 Å². The van der Waals surface area contributed by atoms with Gasteiger partial charge < -0.3 is 9.79 Å². The molecule has 0 amide bonds. The van der Waals surface area contributed by atoms with Gasteiger partial charge >= 0.3 is 19.5 Å². The average Bonchev–Trinajstić information content (AvgIpc) is 1.59. The molecule has 0 saturated heterocycles. The number of hydrogen-bond donors (Lipinski definition) is 0. The maximum Gasteiger partial charge on any atom is 2.00 e. The van der Waals surface area contributed by atoms with Crippen LogP contribution in [0.3, 0.4) is 0 Å². The van der Waals surface area contributed by atoms with Crippen LogP contribution < -0.4 is 9.79 Å². The normalized spacial score (nSPS) is 11.4. The van der Waals surface area contributed by atoms with Gasteiger partial charge in [-0.15, -0.1) is 11.8 Å². The molecule has 62 valence electrons. The third-order valence-electron chi connectivity index (χ3n) is 0.945. The molecular formula is C5H11O2PS2Zn. The molecule has 0 fully saturated rings. The first-order chi connectivity index (χ1) is 4.42. The van der Waals surface area contributed by atoms with Crippen LogP contribution in [0.4, 0.5) is 0 Å². The van der Waals surface area contributed by atoms with Crippen molar-refractivity contribution in [2.45, 2.75) is 20.3 Å². The van der Waals surface area contributed by atoms with Gasteiger partial charge in [-0.3, -0.25) is 0 Å². The molecule has 0 N–H and O–H groups in total. The van der Waals surface area contributed by atoms with Crippen LogP contribution in [0.25, 0.3) is 0 Å². The maximum absolute atomic E-state index is 10.4. The van der Waals surface area contributed by atoms with Gasteiger partial charge in [0.2, 0.25) is 0 Å². The summed E-state index contributed by atoms with van der Waals surface area (Å²) in [6, 6.07) is 0. The summed E-state index contributed by atoms with van der Waals surface area (Å²) in [7, 11) is 0. The fourth-order valence-corrected chi connectivity index (χ4v) is 2.86. The van der Waals surface area contributed by atoms with Gasteiger partial charge in [0, 0.05) is 0 Å². The van der Waals surface area contributed by atoms with Crippen LogP contribution in [-0.4, -0.2) is 5.75 Å². The zero-order valence-corrected chi connectivity index (χ0v) is 12.3. The molecule has 6 heteroatoms. The van der Waals surface area contributed by atoms with Gasteiger partial charge in [0.25, 0.3) is 0 Å². The van der Waals surface area contributed by atoms with Crippen LogP contribution in [0.15, 0.2) is 0 Å². The maximum atomic E-state index is 10.4. The molecule has 11 heavy (non-hydrogen) atoms. The van der Waals surface area contributed by atoms with Crippen molar-refractivity contribution in [1.82, 2.24) is 0 Å². The molecular weight excluding hydrogens is 253 g/mol. The summed E-state index contributed by atoms with van der Waals surface area (Å²) < 4.78 is 0. The Morgan fingerprint density at radius 1 is 1.45 bits per heavy atom. The van der Waals surface area contributed by atoms with Gasteiger partial charge in [0.15, 0.2) is 0 Å². The Labute approximate surface area is 89.8 Å². The first kappa shape index (κ1) is 15.0. The fourth-order valence-electron chi connectivity index (χ4n) is 0.400. The van der Waals surface area contributed by atoms with E-state index in [0.29, 0.717) is 11.7 Å². The van der Waals surface area contributed by atoms with Crippen molar-refractivity contribution in [1.29, 1.82) is 0 Å². The largest absolute Gasteiger partial charge is 2.00 e. The Balaban J connectivity index is 0. The molecule has 0 bridgehead atoms. The summed E-state index contributed by atoms with van der Waals surface area (Å²) in [5.74, 6) is 1.18.